The molecule has 1 N–H and O–H groups in total. The molecule has 5 nitrogen and oxygen atoms in total. The zero-order chi connectivity index (χ0) is 15.0. The molecule has 114 valence electrons. The summed E-state index contributed by atoms with van der Waals surface area (Å²) in [5.41, 5.74) is 0.912. The number of nitrogens with one attached hydrogen (secondary N) is 1. The van der Waals surface area contributed by atoms with Gasteiger partial charge in [0.1, 0.15) is 11.9 Å². The summed E-state index contributed by atoms with van der Waals surface area (Å²) in [6, 6.07) is 0. The molecule has 0 fully saturated rings. The normalized spacial score (nSPS) is 12.4. The molecule has 0 bridgehead atoms. The summed E-state index contributed by atoms with van der Waals surface area (Å²) in [7, 11) is 3.38. The lowest BCUT2D eigenvalue weighted by molar-refractivity contribution is 0.0868. The molecule has 1 atom stereocenters. The first-order valence-corrected chi connectivity index (χ1v) is 8.07. The third-order valence-corrected chi connectivity index (χ3v) is 4.02. The maximum atomic E-state index is 5.51. The molecule has 20 heavy (non-hydrogen) atoms. The molecule has 0 aromatic carbocycles. The summed E-state index contributed by atoms with van der Waals surface area (Å²) in [5.74, 6) is 1.61. The van der Waals surface area contributed by atoms with Gasteiger partial charge in [-0.25, -0.2) is 9.97 Å². The molecule has 0 spiro atoms. The molecule has 1 unspecified atom stereocenters. The molecule has 1 aromatic heterocycles. The van der Waals surface area contributed by atoms with E-state index in [1.54, 1.807) is 14.2 Å². The van der Waals surface area contributed by atoms with Gasteiger partial charge in [-0.1, -0.05) is 20.3 Å². The summed E-state index contributed by atoms with van der Waals surface area (Å²) in [6.07, 6.45) is 2.94. The quantitative estimate of drug-likeness (QED) is 0.651. The van der Waals surface area contributed by atoms with Gasteiger partial charge in [0.25, 0.3) is 0 Å². The van der Waals surface area contributed by atoms with Crippen molar-refractivity contribution in [3.05, 3.63) is 15.1 Å². The third-order valence-electron chi connectivity index (χ3n) is 2.88. The van der Waals surface area contributed by atoms with Gasteiger partial charge in [-0.3, -0.25) is 0 Å². The van der Waals surface area contributed by atoms with Crippen LogP contribution < -0.4 is 5.32 Å². The highest BCUT2D eigenvalue weighted by Gasteiger charge is 2.18. The van der Waals surface area contributed by atoms with Gasteiger partial charge >= 0.3 is 0 Å². The SMILES string of the molecule is CCCNc1nc(C(CCC)OC)nc(COC)c1I. The van der Waals surface area contributed by atoms with E-state index in [0.717, 1.165) is 46.7 Å². The van der Waals surface area contributed by atoms with E-state index < -0.39 is 0 Å². The van der Waals surface area contributed by atoms with Crippen molar-refractivity contribution in [2.75, 3.05) is 26.1 Å². The Hall–Kier alpha value is -0.470. The number of hydrogen-bond donors (Lipinski definition) is 1. The predicted octanol–water partition coefficient (Wildman–Crippen LogP) is 3.54. The summed E-state index contributed by atoms with van der Waals surface area (Å²) < 4.78 is 11.8. The molecule has 6 heteroatoms. The standard InChI is InChI=1S/C14H24IN3O2/c1-5-7-11(20-4)13-17-10(9-19-3)12(15)14(18-13)16-8-6-2/h11H,5-9H2,1-4H3,(H,16,17,18). The Morgan fingerprint density at radius 3 is 2.50 bits per heavy atom. The van der Waals surface area contributed by atoms with Crippen LogP contribution in [0.4, 0.5) is 5.82 Å². The second-order valence-corrected chi connectivity index (χ2v) is 5.64. The van der Waals surface area contributed by atoms with Gasteiger partial charge in [0.2, 0.25) is 0 Å². The Labute approximate surface area is 135 Å². The van der Waals surface area contributed by atoms with Crippen LogP contribution >= 0.6 is 22.6 Å². The smallest absolute Gasteiger partial charge is 0.159 e. The van der Waals surface area contributed by atoms with E-state index in [-0.39, 0.29) is 6.10 Å². The van der Waals surface area contributed by atoms with Crippen molar-refractivity contribution < 1.29 is 9.47 Å². The fourth-order valence-electron chi connectivity index (χ4n) is 1.86. The average molecular weight is 393 g/mol. The van der Waals surface area contributed by atoms with Crippen LogP contribution in [0.2, 0.25) is 0 Å². The number of anilines is 1. The monoisotopic (exact) mass is 393 g/mol. The molecule has 0 saturated heterocycles. The Balaban J connectivity index is 3.12. The molecule has 1 aromatic rings. The van der Waals surface area contributed by atoms with Gasteiger partial charge in [-0.05, 0) is 35.4 Å². The highest BCUT2D eigenvalue weighted by molar-refractivity contribution is 14.1. The molecule has 0 saturated carbocycles. The molecule has 1 rings (SSSR count). The van der Waals surface area contributed by atoms with Crippen LogP contribution in [0.25, 0.3) is 0 Å². The highest BCUT2D eigenvalue weighted by Crippen LogP contribution is 2.25. The van der Waals surface area contributed by atoms with Crippen LogP contribution in [-0.2, 0) is 16.1 Å². The number of hydrogen-bond acceptors (Lipinski definition) is 5. The summed E-state index contributed by atoms with van der Waals surface area (Å²) in [4.78, 5) is 9.24. The third kappa shape index (κ3) is 4.82. The van der Waals surface area contributed by atoms with Crippen molar-refractivity contribution in [1.82, 2.24) is 9.97 Å². The van der Waals surface area contributed by atoms with Gasteiger partial charge in [-0.15, -0.1) is 0 Å². The maximum Gasteiger partial charge on any atom is 0.159 e. The van der Waals surface area contributed by atoms with Gasteiger partial charge in [0.05, 0.1) is 15.9 Å². The topological polar surface area (TPSA) is 56.3 Å². The van der Waals surface area contributed by atoms with E-state index in [4.69, 9.17) is 9.47 Å². The molecule has 0 radical (unpaired) electrons. The van der Waals surface area contributed by atoms with Gasteiger partial charge in [0, 0.05) is 20.8 Å². The number of aromatic nitrogens is 2. The first kappa shape index (κ1) is 17.6. The Bertz CT molecular complexity index is 416. The van der Waals surface area contributed by atoms with Gasteiger partial charge in [0.15, 0.2) is 5.82 Å². The fraction of sp³-hybridized carbons (Fsp3) is 0.714. The van der Waals surface area contributed by atoms with Gasteiger partial charge in [-0.2, -0.15) is 0 Å². The molecular weight excluding hydrogens is 369 g/mol. The minimum absolute atomic E-state index is 0.0604. The lowest BCUT2D eigenvalue weighted by atomic mass is 10.2. The lowest BCUT2D eigenvalue weighted by Crippen LogP contribution is -2.14. The highest BCUT2D eigenvalue weighted by atomic mass is 127. The second-order valence-electron chi connectivity index (χ2n) is 4.56. The van der Waals surface area contributed by atoms with Crippen molar-refractivity contribution in [3.63, 3.8) is 0 Å². The van der Waals surface area contributed by atoms with Crippen LogP contribution in [0.1, 0.15) is 50.7 Å². The molecule has 0 amide bonds. The molecular formula is C14H24IN3O2. The van der Waals surface area contributed by atoms with Crippen LogP contribution in [0.3, 0.4) is 0 Å². The van der Waals surface area contributed by atoms with Crippen molar-refractivity contribution in [2.45, 2.75) is 45.8 Å². The predicted molar refractivity (Wildman–Crippen MR) is 88.9 cm³/mol. The Kier molecular flexibility index (Phi) is 8.32. The fourth-order valence-corrected chi connectivity index (χ4v) is 2.45. The molecule has 1 heterocycles. The van der Waals surface area contributed by atoms with Crippen molar-refractivity contribution in [3.8, 4) is 0 Å². The second kappa shape index (κ2) is 9.46. The lowest BCUT2D eigenvalue weighted by Gasteiger charge is -2.17. The van der Waals surface area contributed by atoms with Crippen LogP contribution in [0, 0.1) is 3.57 Å². The van der Waals surface area contributed by atoms with E-state index in [1.165, 1.54) is 0 Å². The summed E-state index contributed by atoms with van der Waals surface area (Å²) >= 11 is 2.27. The largest absolute Gasteiger partial charge is 0.378 e. The van der Waals surface area contributed by atoms with Gasteiger partial charge < -0.3 is 14.8 Å². The summed E-state index contributed by atoms with van der Waals surface area (Å²) in [6.45, 7) is 5.64. The van der Waals surface area contributed by atoms with Crippen LogP contribution in [0.5, 0.6) is 0 Å². The number of ether oxygens (including phenoxy) is 2. The Morgan fingerprint density at radius 1 is 1.20 bits per heavy atom. The zero-order valence-electron chi connectivity index (χ0n) is 12.7. The van der Waals surface area contributed by atoms with Crippen molar-refractivity contribution in [2.24, 2.45) is 0 Å². The van der Waals surface area contributed by atoms with Crippen LogP contribution in [0.15, 0.2) is 0 Å². The average Bonchev–Trinajstić information content (AvgIpc) is 2.46. The first-order chi connectivity index (χ1) is 9.67. The minimum atomic E-state index is -0.0604. The first-order valence-electron chi connectivity index (χ1n) is 6.99. The van der Waals surface area contributed by atoms with Crippen molar-refractivity contribution in [1.29, 1.82) is 0 Å². The minimum Gasteiger partial charge on any atom is -0.378 e. The van der Waals surface area contributed by atoms with E-state index in [2.05, 4.69) is 51.7 Å². The zero-order valence-corrected chi connectivity index (χ0v) is 14.9. The number of halogens is 1. The van der Waals surface area contributed by atoms with E-state index in [9.17, 15) is 0 Å². The molecule has 0 aliphatic heterocycles. The van der Waals surface area contributed by atoms with Crippen LogP contribution in [-0.4, -0.2) is 30.7 Å². The number of nitrogens with zero attached hydrogens (tertiary/aromatic N) is 2. The molecule has 0 aliphatic rings. The van der Waals surface area contributed by atoms with E-state index in [0.29, 0.717) is 6.61 Å². The van der Waals surface area contributed by atoms with E-state index >= 15 is 0 Å². The number of rotatable bonds is 9. The molecule has 0 aliphatic carbocycles. The maximum absolute atomic E-state index is 5.51. The number of methoxy groups -OCH3 is 2. The summed E-state index contributed by atoms with van der Waals surface area (Å²) in [5, 5.41) is 3.35. The Morgan fingerprint density at radius 2 is 1.95 bits per heavy atom. The van der Waals surface area contributed by atoms with E-state index in [1.807, 2.05) is 0 Å². The van der Waals surface area contributed by atoms with Crippen molar-refractivity contribution >= 4 is 28.4 Å².